The van der Waals surface area contributed by atoms with Crippen LogP contribution in [-0.2, 0) is 11.2 Å². The van der Waals surface area contributed by atoms with Crippen LogP contribution in [0.15, 0.2) is 18.2 Å². The Hall–Kier alpha value is -1.84. The van der Waals surface area contributed by atoms with Crippen molar-refractivity contribution in [3.8, 4) is 5.75 Å². The van der Waals surface area contributed by atoms with Gasteiger partial charge in [0.15, 0.2) is 5.78 Å². The van der Waals surface area contributed by atoms with Crippen molar-refractivity contribution in [1.82, 2.24) is 4.90 Å². The predicted molar refractivity (Wildman–Crippen MR) is 79.2 cm³/mol. The first-order valence-corrected chi connectivity index (χ1v) is 6.77. The molecule has 1 amide bonds. The summed E-state index contributed by atoms with van der Waals surface area (Å²) in [6, 6.07) is 5.19. The molecule has 20 heavy (non-hydrogen) atoms. The van der Waals surface area contributed by atoms with Gasteiger partial charge in [0.05, 0.1) is 13.5 Å². The minimum Gasteiger partial charge on any atom is -0.496 e. The van der Waals surface area contributed by atoms with Gasteiger partial charge in [-0.15, -0.1) is 0 Å². The average molecular weight is 277 g/mol. The minimum absolute atomic E-state index is 0.0168. The topological polar surface area (TPSA) is 46.6 Å². The summed E-state index contributed by atoms with van der Waals surface area (Å²) in [5, 5.41) is 0. The van der Waals surface area contributed by atoms with Crippen molar-refractivity contribution < 1.29 is 14.3 Å². The molecule has 0 aliphatic carbocycles. The van der Waals surface area contributed by atoms with E-state index in [9.17, 15) is 9.59 Å². The number of ether oxygens (including phenoxy) is 1. The quantitative estimate of drug-likeness (QED) is 0.751. The SMILES string of the molecule is COc1ccc(C(C)=O)cc1CC(=O)N(C)CC(C)C. The van der Waals surface area contributed by atoms with E-state index >= 15 is 0 Å². The fourth-order valence-electron chi connectivity index (χ4n) is 2.08. The van der Waals surface area contributed by atoms with Gasteiger partial charge in [-0.3, -0.25) is 9.59 Å². The van der Waals surface area contributed by atoms with E-state index in [-0.39, 0.29) is 18.1 Å². The Kier molecular flexibility index (Phi) is 5.74. The van der Waals surface area contributed by atoms with Gasteiger partial charge in [-0.2, -0.15) is 0 Å². The fraction of sp³-hybridized carbons (Fsp3) is 0.500. The number of hydrogen-bond donors (Lipinski definition) is 0. The van der Waals surface area contributed by atoms with E-state index in [1.807, 2.05) is 0 Å². The molecule has 0 bridgehead atoms. The van der Waals surface area contributed by atoms with Crippen LogP contribution in [0.1, 0.15) is 36.7 Å². The number of carbonyl (C=O) groups is 2. The van der Waals surface area contributed by atoms with Crippen molar-refractivity contribution in [2.45, 2.75) is 27.2 Å². The standard InChI is InChI=1S/C16H23NO3/c1-11(2)10-17(4)16(19)9-14-8-13(12(3)18)6-7-15(14)20-5/h6-8,11H,9-10H2,1-5H3. The highest BCUT2D eigenvalue weighted by molar-refractivity contribution is 5.94. The number of rotatable bonds is 6. The fourth-order valence-corrected chi connectivity index (χ4v) is 2.08. The lowest BCUT2D eigenvalue weighted by atomic mass is 10.0. The van der Waals surface area contributed by atoms with Crippen LogP contribution in [0.25, 0.3) is 0 Å². The van der Waals surface area contributed by atoms with Crippen molar-refractivity contribution in [2.24, 2.45) is 5.92 Å². The Balaban J connectivity index is 2.92. The summed E-state index contributed by atoms with van der Waals surface area (Å²) in [5.41, 5.74) is 1.35. The van der Waals surface area contributed by atoms with Gasteiger partial charge in [-0.05, 0) is 31.0 Å². The summed E-state index contributed by atoms with van der Waals surface area (Å²) in [6.07, 6.45) is 0.244. The molecule has 0 radical (unpaired) electrons. The Morgan fingerprint density at radius 1 is 1.30 bits per heavy atom. The molecule has 0 saturated heterocycles. The zero-order valence-electron chi connectivity index (χ0n) is 12.9. The van der Waals surface area contributed by atoms with E-state index in [1.54, 1.807) is 37.3 Å². The maximum atomic E-state index is 12.2. The van der Waals surface area contributed by atoms with Crippen molar-refractivity contribution >= 4 is 11.7 Å². The van der Waals surface area contributed by atoms with Gasteiger partial charge in [0, 0.05) is 24.7 Å². The molecule has 4 nitrogen and oxygen atoms in total. The molecule has 0 spiro atoms. The van der Waals surface area contributed by atoms with Gasteiger partial charge in [0.1, 0.15) is 5.75 Å². The zero-order valence-corrected chi connectivity index (χ0v) is 12.9. The zero-order chi connectivity index (χ0) is 15.3. The summed E-state index contributed by atoms with van der Waals surface area (Å²) in [4.78, 5) is 25.3. The maximum Gasteiger partial charge on any atom is 0.226 e. The van der Waals surface area contributed by atoms with E-state index in [2.05, 4.69) is 13.8 Å². The maximum absolute atomic E-state index is 12.2. The third-order valence-electron chi connectivity index (χ3n) is 3.09. The third kappa shape index (κ3) is 4.37. The van der Waals surface area contributed by atoms with Crippen LogP contribution >= 0.6 is 0 Å². The van der Waals surface area contributed by atoms with Gasteiger partial charge in [0.2, 0.25) is 5.91 Å². The summed E-state index contributed by atoms with van der Waals surface area (Å²) in [6.45, 7) is 6.37. The number of carbonyl (C=O) groups excluding carboxylic acids is 2. The number of methoxy groups -OCH3 is 1. The number of Topliss-reactive ketones (excluding diaryl/α,β-unsaturated/α-hetero) is 1. The van der Waals surface area contributed by atoms with Crippen molar-refractivity contribution in [3.63, 3.8) is 0 Å². The summed E-state index contributed by atoms with van der Waals surface area (Å²) in [5.74, 6) is 1.07. The molecular weight excluding hydrogens is 254 g/mol. The average Bonchev–Trinajstić information content (AvgIpc) is 2.37. The Bertz CT molecular complexity index is 494. The van der Waals surface area contributed by atoms with Gasteiger partial charge in [-0.25, -0.2) is 0 Å². The highest BCUT2D eigenvalue weighted by Crippen LogP contribution is 2.21. The molecule has 0 fully saturated rings. The van der Waals surface area contributed by atoms with Crippen LogP contribution in [0.5, 0.6) is 5.75 Å². The molecule has 0 aromatic heterocycles. The minimum atomic E-state index is -0.0168. The summed E-state index contributed by atoms with van der Waals surface area (Å²) < 4.78 is 5.26. The number of amides is 1. The first kappa shape index (κ1) is 16.2. The normalized spacial score (nSPS) is 10.5. The van der Waals surface area contributed by atoms with Crippen LogP contribution in [0.3, 0.4) is 0 Å². The van der Waals surface area contributed by atoms with Crippen LogP contribution < -0.4 is 4.74 Å². The lowest BCUT2D eigenvalue weighted by molar-refractivity contribution is -0.129. The molecule has 1 aromatic carbocycles. The molecule has 110 valence electrons. The molecular formula is C16H23NO3. The number of hydrogen-bond acceptors (Lipinski definition) is 3. The Morgan fingerprint density at radius 2 is 1.95 bits per heavy atom. The van der Waals surface area contributed by atoms with Gasteiger partial charge in [-0.1, -0.05) is 13.8 Å². The second-order valence-electron chi connectivity index (χ2n) is 5.43. The Morgan fingerprint density at radius 3 is 2.45 bits per heavy atom. The van der Waals surface area contributed by atoms with Crippen molar-refractivity contribution in [2.75, 3.05) is 20.7 Å². The largest absolute Gasteiger partial charge is 0.496 e. The van der Waals surface area contributed by atoms with E-state index in [0.717, 1.165) is 5.56 Å². The first-order valence-electron chi connectivity index (χ1n) is 6.77. The number of likely N-dealkylation sites (N-methyl/N-ethyl adjacent to an activating group) is 1. The molecule has 0 N–H and O–H groups in total. The summed E-state index contributed by atoms with van der Waals surface area (Å²) >= 11 is 0. The van der Waals surface area contributed by atoms with E-state index in [1.165, 1.54) is 6.92 Å². The van der Waals surface area contributed by atoms with Gasteiger partial charge in [0.25, 0.3) is 0 Å². The number of ketones is 1. The molecule has 0 aliphatic heterocycles. The van der Waals surface area contributed by atoms with Crippen molar-refractivity contribution in [3.05, 3.63) is 29.3 Å². The first-order chi connectivity index (χ1) is 9.35. The molecule has 1 rings (SSSR count). The highest BCUT2D eigenvalue weighted by atomic mass is 16.5. The second kappa shape index (κ2) is 7.08. The highest BCUT2D eigenvalue weighted by Gasteiger charge is 2.15. The molecule has 1 aromatic rings. The van der Waals surface area contributed by atoms with Crippen molar-refractivity contribution in [1.29, 1.82) is 0 Å². The number of nitrogens with zero attached hydrogens (tertiary/aromatic N) is 1. The van der Waals surface area contributed by atoms with Crippen LogP contribution in [0.4, 0.5) is 0 Å². The molecule has 0 heterocycles. The molecule has 0 aliphatic rings. The van der Waals surface area contributed by atoms with E-state index in [0.29, 0.717) is 23.8 Å². The van der Waals surface area contributed by atoms with Crippen LogP contribution in [0.2, 0.25) is 0 Å². The monoisotopic (exact) mass is 277 g/mol. The van der Waals surface area contributed by atoms with Crippen LogP contribution in [0, 0.1) is 5.92 Å². The van der Waals surface area contributed by atoms with Gasteiger partial charge < -0.3 is 9.64 Å². The summed E-state index contributed by atoms with van der Waals surface area (Å²) in [7, 11) is 3.36. The molecule has 0 unspecified atom stereocenters. The van der Waals surface area contributed by atoms with E-state index in [4.69, 9.17) is 4.74 Å². The van der Waals surface area contributed by atoms with Crippen LogP contribution in [-0.4, -0.2) is 37.3 Å². The number of benzene rings is 1. The molecule has 0 saturated carbocycles. The smallest absolute Gasteiger partial charge is 0.226 e. The van der Waals surface area contributed by atoms with Gasteiger partial charge >= 0.3 is 0 Å². The predicted octanol–water partition coefficient (Wildman–Crippen LogP) is 2.55. The third-order valence-corrected chi connectivity index (χ3v) is 3.09. The lowest BCUT2D eigenvalue weighted by Gasteiger charge is -2.20. The Labute approximate surface area is 120 Å². The molecule has 4 heteroatoms. The van der Waals surface area contributed by atoms with E-state index < -0.39 is 0 Å². The molecule has 0 atom stereocenters. The lowest BCUT2D eigenvalue weighted by Crippen LogP contribution is -2.31. The second-order valence-corrected chi connectivity index (χ2v) is 5.43.